The molecule has 0 aliphatic carbocycles. The minimum Gasteiger partial charge on any atom is -0.371 e. The van der Waals surface area contributed by atoms with Gasteiger partial charge in [-0.3, -0.25) is 9.59 Å². The van der Waals surface area contributed by atoms with Crippen LogP contribution in [0.25, 0.3) is 0 Å². The summed E-state index contributed by atoms with van der Waals surface area (Å²) in [6.07, 6.45) is 1.46. The van der Waals surface area contributed by atoms with Crippen LogP contribution in [0.1, 0.15) is 28.8 Å². The number of amides is 1. The second kappa shape index (κ2) is 9.54. The molecule has 1 saturated heterocycles. The predicted octanol–water partition coefficient (Wildman–Crippen LogP) is 6.08. The lowest BCUT2D eigenvalue weighted by Gasteiger charge is -2.33. The van der Waals surface area contributed by atoms with Crippen LogP contribution in [0.15, 0.2) is 72.8 Å². The van der Waals surface area contributed by atoms with Gasteiger partial charge in [-0.2, -0.15) is 0 Å². The summed E-state index contributed by atoms with van der Waals surface area (Å²) < 4.78 is 0. The van der Waals surface area contributed by atoms with E-state index < -0.39 is 0 Å². The lowest BCUT2D eigenvalue weighted by Crippen LogP contribution is -2.38. The molecule has 0 radical (unpaired) electrons. The van der Waals surface area contributed by atoms with Crippen molar-refractivity contribution in [3.8, 4) is 0 Å². The first kappa shape index (κ1) is 21.4. The van der Waals surface area contributed by atoms with Crippen LogP contribution in [-0.2, 0) is 4.79 Å². The molecule has 1 fully saturated rings. The molecule has 6 heteroatoms. The lowest BCUT2D eigenvalue weighted by molar-refractivity contribution is -0.120. The summed E-state index contributed by atoms with van der Waals surface area (Å²) in [5, 5.41) is 4.12. The number of nitrogens with one attached hydrogen (secondary N) is 1. The molecule has 0 saturated carbocycles. The van der Waals surface area contributed by atoms with Gasteiger partial charge in [0.2, 0.25) is 5.91 Å². The number of rotatable bonds is 5. The molecule has 1 N–H and O–H groups in total. The second-order valence-electron chi connectivity index (χ2n) is 7.62. The Labute approximate surface area is 191 Å². The number of carbonyl (C=O) groups excluding carboxylic acids is 2. The third kappa shape index (κ3) is 5.09. The molecule has 1 heterocycles. The maximum Gasteiger partial charge on any atom is 0.227 e. The number of anilines is 2. The van der Waals surface area contributed by atoms with Crippen LogP contribution in [-0.4, -0.2) is 24.8 Å². The fraction of sp³-hybridized carbons (Fsp3) is 0.200. The van der Waals surface area contributed by atoms with Gasteiger partial charge in [0.05, 0.1) is 5.69 Å². The zero-order valence-electron chi connectivity index (χ0n) is 16.9. The minimum absolute atomic E-state index is 0.0739. The number of hydrogen-bond acceptors (Lipinski definition) is 3. The SMILES string of the molecule is O=C(c1ccccc1)c1cc(Cl)ccc1NC(=O)C1CCN(c2cccc(Cl)c2)CC1. The molecular formula is C25H22Cl2N2O2. The highest BCUT2D eigenvalue weighted by atomic mass is 35.5. The van der Waals surface area contributed by atoms with E-state index in [4.69, 9.17) is 23.2 Å². The van der Waals surface area contributed by atoms with Crippen LogP contribution in [0.4, 0.5) is 11.4 Å². The van der Waals surface area contributed by atoms with E-state index in [-0.39, 0.29) is 17.6 Å². The highest BCUT2D eigenvalue weighted by molar-refractivity contribution is 6.31. The van der Waals surface area contributed by atoms with Crippen molar-refractivity contribution >= 4 is 46.3 Å². The Morgan fingerprint density at radius 2 is 1.55 bits per heavy atom. The van der Waals surface area contributed by atoms with E-state index in [1.807, 2.05) is 42.5 Å². The molecule has 3 aromatic carbocycles. The predicted molar refractivity (Wildman–Crippen MR) is 126 cm³/mol. The molecular weight excluding hydrogens is 431 g/mol. The molecule has 0 spiro atoms. The Morgan fingerprint density at radius 3 is 2.26 bits per heavy atom. The van der Waals surface area contributed by atoms with Crippen molar-refractivity contribution in [3.05, 3.63) is 94.0 Å². The van der Waals surface area contributed by atoms with E-state index in [2.05, 4.69) is 10.2 Å². The van der Waals surface area contributed by atoms with Gasteiger partial charge in [0, 0.05) is 45.9 Å². The van der Waals surface area contributed by atoms with E-state index in [9.17, 15) is 9.59 Å². The van der Waals surface area contributed by atoms with Gasteiger partial charge in [-0.15, -0.1) is 0 Å². The maximum atomic E-state index is 13.0. The Kier molecular flexibility index (Phi) is 6.59. The zero-order chi connectivity index (χ0) is 21.8. The molecule has 0 unspecified atom stereocenters. The van der Waals surface area contributed by atoms with Crippen molar-refractivity contribution in [2.45, 2.75) is 12.8 Å². The average Bonchev–Trinajstić information content (AvgIpc) is 2.80. The number of carbonyl (C=O) groups is 2. The smallest absolute Gasteiger partial charge is 0.227 e. The van der Waals surface area contributed by atoms with Crippen LogP contribution < -0.4 is 10.2 Å². The monoisotopic (exact) mass is 452 g/mol. The summed E-state index contributed by atoms with van der Waals surface area (Å²) in [5.41, 5.74) is 2.50. The fourth-order valence-electron chi connectivity index (χ4n) is 3.87. The van der Waals surface area contributed by atoms with Gasteiger partial charge >= 0.3 is 0 Å². The average molecular weight is 453 g/mol. The van der Waals surface area contributed by atoms with Gasteiger partial charge in [0.1, 0.15) is 0 Å². The summed E-state index contributed by atoms with van der Waals surface area (Å²) in [5.74, 6) is -0.366. The van der Waals surface area contributed by atoms with Crippen molar-refractivity contribution in [2.75, 3.05) is 23.3 Å². The van der Waals surface area contributed by atoms with E-state index in [1.54, 1.807) is 30.3 Å². The van der Waals surface area contributed by atoms with E-state index in [1.165, 1.54) is 0 Å². The number of benzene rings is 3. The molecule has 1 aliphatic rings. The van der Waals surface area contributed by atoms with Crippen LogP contribution in [0.5, 0.6) is 0 Å². The lowest BCUT2D eigenvalue weighted by atomic mass is 9.95. The van der Waals surface area contributed by atoms with Crippen molar-refractivity contribution < 1.29 is 9.59 Å². The summed E-state index contributed by atoms with van der Waals surface area (Å²) in [6.45, 7) is 1.55. The molecule has 0 aromatic heterocycles. The quantitative estimate of drug-likeness (QED) is 0.477. The number of piperidine rings is 1. The number of hydrogen-bond donors (Lipinski definition) is 1. The standard InChI is InChI=1S/C25H22Cl2N2O2/c26-19-7-4-8-21(15-19)29-13-11-18(12-14-29)25(31)28-23-10-9-20(27)16-22(23)24(30)17-5-2-1-3-6-17/h1-10,15-16,18H,11-14H2,(H,28,31). The zero-order valence-corrected chi connectivity index (χ0v) is 18.4. The molecule has 4 rings (SSSR count). The Morgan fingerprint density at radius 1 is 0.839 bits per heavy atom. The van der Waals surface area contributed by atoms with E-state index in [0.29, 0.717) is 26.9 Å². The second-order valence-corrected chi connectivity index (χ2v) is 8.49. The summed E-state index contributed by atoms with van der Waals surface area (Å²) in [7, 11) is 0. The summed E-state index contributed by atoms with van der Waals surface area (Å²) in [6, 6.07) is 21.7. The van der Waals surface area contributed by atoms with Crippen molar-refractivity contribution in [1.29, 1.82) is 0 Å². The van der Waals surface area contributed by atoms with Gasteiger partial charge in [-0.25, -0.2) is 0 Å². The molecule has 3 aromatic rings. The maximum absolute atomic E-state index is 13.0. The van der Waals surface area contributed by atoms with Gasteiger partial charge in [0.25, 0.3) is 0 Å². The summed E-state index contributed by atoms with van der Waals surface area (Å²) in [4.78, 5) is 28.2. The normalized spacial score (nSPS) is 14.3. The van der Waals surface area contributed by atoms with Crippen LogP contribution in [0.2, 0.25) is 10.0 Å². The van der Waals surface area contributed by atoms with Crippen molar-refractivity contribution in [2.24, 2.45) is 5.92 Å². The topological polar surface area (TPSA) is 49.4 Å². The van der Waals surface area contributed by atoms with Gasteiger partial charge < -0.3 is 10.2 Å². The Balaban J connectivity index is 1.45. The molecule has 0 atom stereocenters. The highest BCUT2D eigenvalue weighted by Gasteiger charge is 2.26. The van der Waals surface area contributed by atoms with Gasteiger partial charge in [-0.05, 0) is 49.2 Å². The molecule has 4 nitrogen and oxygen atoms in total. The first-order chi connectivity index (χ1) is 15.0. The molecule has 1 amide bonds. The van der Waals surface area contributed by atoms with Gasteiger partial charge in [0.15, 0.2) is 5.78 Å². The number of nitrogens with zero attached hydrogens (tertiary/aromatic N) is 1. The molecule has 158 valence electrons. The van der Waals surface area contributed by atoms with E-state index in [0.717, 1.165) is 31.6 Å². The third-order valence-electron chi connectivity index (χ3n) is 5.56. The fourth-order valence-corrected chi connectivity index (χ4v) is 4.22. The van der Waals surface area contributed by atoms with E-state index >= 15 is 0 Å². The molecule has 31 heavy (non-hydrogen) atoms. The minimum atomic E-state index is -0.172. The van der Waals surface area contributed by atoms with Crippen molar-refractivity contribution in [3.63, 3.8) is 0 Å². The largest absolute Gasteiger partial charge is 0.371 e. The third-order valence-corrected chi connectivity index (χ3v) is 6.03. The first-order valence-corrected chi connectivity index (χ1v) is 11.0. The Bertz CT molecular complexity index is 1090. The Hall–Kier alpha value is -2.82. The number of halogens is 2. The van der Waals surface area contributed by atoms with Crippen molar-refractivity contribution in [1.82, 2.24) is 0 Å². The van der Waals surface area contributed by atoms with Crippen LogP contribution >= 0.6 is 23.2 Å². The molecule has 0 bridgehead atoms. The van der Waals surface area contributed by atoms with Crippen LogP contribution in [0, 0.1) is 5.92 Å². The number of ketones is 1. The summed E-state index contributed by atoms with van der Waals surface area (Å²) >= 11 is 12.2. The highest BCUT2D eigenvalue weighted by Crippen LogP contribution is 2.28. The molecule has 1 aliphatic heterocycles. The first-order valence-electron chi connectivity index (χ1n) is 10.2. The van der Waals surface area contributed by atoms with Gasteiger partial charge in [-0.1, -0.05) is 59.6 Å². The van der Waals surface area contributed by atoms with Crippen LogP contribution in [0.3, 0.4) is 0 Å².